The van der Waals surface area contributed by atoms with Gasteiger partial charge in [-0.15, -0.1) is 11.8 Å². The monoisotopic (exact) mass is 197 g/mol. The zero-order valence-electron chi connectivity index (χ0n) is 7.51. The molecule has 1 aromatic carbocycles. The highest BCUT2D eigenvalue weighted by Crippen LogP contribution is 2.39. The van der Waals surface area contributed by atoms with Gasteiger partial charge in [0.1, 0.15) is 5.82 Å². The summed E-state index contributed by atoms with van der Waals surface area (Å²) < 4.78 is 12.9. The van der Waals surface area contributed by atoms with Crippen molar-refractivity contribution >= 4 is 11.8 Å². The van der Waals surface area contributed by atoms with Gasteiger partial charge >= 0.3 is 0 Å². The smallest absolute Gasteiger partial charge is 0.123 e. The number of nitrogens with one attached hydrogen (secondary N) is 1. The number of hydrogen-bond acceptors (Lipinski definition) is 2. The van der Waals surface area contributed by atoms with Crippen molar-refractivity contribution in [2.24, 2.45) is 0 Å². The molecule has 1 atom stereocenters. The molecule has 0 radical (unpaired) electrons. The molecule has 0 saturated carbocycles. The molecule has 0 saturated heterocycles. The Hall–Kier alpha value is -0.540. The van der Waals surface area contributed by atoms with E-state index in [2.05, 4.69) is 5.32 Å². The van der Waals surface area contributed by atoms with Crippen molar-refractivity contribution in [1.82, 2.24) is 5.32 Å². The quantitative estimate of drug-likeness (QED) is 0.780. The average Bonchev–Trinajstić information content (AvgIpc) is 2.49. The Morgan fingerprint density at radius 1 is 1.62 bits per heavy atom. The molecule has 1 nitrogen and oxygen atoms in total. The molecule has 1 aliphatic heterocycles. The van der Waals surface area contributed by atoms with Gasteiger partial charge in [0.05, 0.1) is 0 Å². The summed E-state index contributed by atoms with van der Waals surface area (Å²) in [6.07, 6.45) is 0. The number of benzene rings is 1. The number of halogens is 1. The van der Waals surface area contributed by atoms with Crippen molar-refractivity contribution in [3.05, 3.63) is 29.6 Å². The molecule has 3 heteroatoms. The van der Waals surface area contributed by atoms with Crippen LogP contribution >= 0.6 is 11.8 Å². The molecule has 1 aliphatic rings. The average molecular weight is 197 g/mol. The highest BCUT2D eigenvalue weighted by molar-refractivity contribution is 7.99. The molecule has 1 unspecified atom stereocenters. The van der Waals surface area contributed by atoms with E-state index < -0.39 is 0 Å². The first-order chi connectivity index (χ1) is 6.31. The molecule has 2 rings (SSSR count). The van der Waals surface area contributed by atoms with Crippen LogP contribution in [0.15, 0.2) is 23.1 Å². The first kappa shape index (κ1) is 9.03. The molecule has 1 N–H and O–H groups in total. The standard InChI is InChI=1S/C10H12FNS/c1-12-5-7-6-13-10-3-2-8(11)4-9(7)10/h2-4,7,12H,5-6H2,1H3. The first-order valence-corrected chi connectivity index (χ1v) is 5.36. The summed E-state index contributed by atoms with van der Waals surface area (Å²) in [5, 5.41) is 3.13. The second-order valence-electron chi connectivity index (χ2n) is 3.25. The van der Waals surface area contributed by atoms with Crippen LogP contribution in [0.2, 0.25) is 0 Å². The maximum Gasteiger partial charge on any atom is 0.123 e. The predicted octanol–water partition coefficient (Wildman–Crippen LogP) is 2.23. The van der Waals surface area contributed by atoms with E-state index in [-0.39, 0.29) is 5.82 Å². The molecule has 0 spiro atoms. The lowest BCUT2D eigenvalue weighted by Gasteiger charge is -2.08. The van der Waals surface area contributed by atoms with Crippen LogP contribution in [0.25, 0.3) is 0 Å². The Morgan fingerprint density at radius 2 is 2.46 bits per heavy atom. The van der Waals surface area contributed by atoms with Gasteiger partial charge in [0.25, 0.3) is 0 Å². The highest BCUT2D eigenvalue weighted by Gasteiger charge is 2.22. The first-order valence-electron chi connectivity index (χ1n) is 4.38. The van der Waals surface area contributed by atoms with Crippen LogP contribution in [-0.2, 0) is 0 Å². The van der Waals surface area contributed by atoms with Crippen LogP contribution in [0.3, 0.4) is 0 Å². The van der Waals surface area contributed by atoms with Crippen molar-refractivity contribution in [1.29, 1.82) is 0 Å². The van der Waals surface area contributed by atoms with Crippen LogP contribution in [0, 0.1) is 5.82 Å². The number of thioether (sulfide) groups is 1. The number of hydrogen-bond donors (Lipinski definition) is 1. The van der Waals surface area contributed by atoms with Crippen LogP contribution < -0.4 is 5.32 Å². The third-order valence-electron chi connectivity index (χ3n) is 2.30. The van der Waals surface area contributed by atoms with Gasteiger partial charge in [-0.1, -0.05) is 0 Å². The van der Waals surface area contributed by atoms with Gasteiger partial charge in [-0.3, -0.25) is 0 Å². The second-order valence-corrected chi connectivity index (χ2v) is 4.31. The van der Waals surface area contributed by atoms with E-state index in [0.29, 0.717) is 5.92 Å². The molecule has 0 fully saturated rings. The second kappa shape index (κ2) is 3.68. The molecular formula is C10H12FNS. The zero-order valence-corrected chi connectivity index (χ0v) is 8.33. The van der Waals surface area contributed by atoms with Gasteiger partial charge in [-0.05, 0) is 30.8 Å². The summed E-state index contributed by atoms with van der Waals surface area (Å²) >= 11 is 1.82. The number of rotatable bonds is 2. The van der Waals surface area contributed by atoms with Gasteiger partial charge in [0, 0.05) is 23.1 Å². The van der Waals surface area contributed by atoms with Crippen LogP contribution in [0.1, 0.15) is 11.5 Å². The molecule has 1 aromatic rings. The minimum absolute atomic E-state index is 0.123. The van der Waals surface area contributed by atoms with Crippen molar-refractivity contribution in [3.63, 3.8) is 0 Å². The summed E-state index contributed by atoms with van der Waals surface area (Å²) in [6, 6.07) is 5.08. The largest absolute Gasteiger partial charge is 0.319 e. The minimum Gasteiger partial charge on any atom is -0.319 e. The van der Waals surface area contributed by atoms with E-state index in [9.17, 15) is 4.39 Å². The third-order valence-corrected chi connectivity index (χ3v) is 3.55. The van der Waals surface area contributed by atoms with Crippen molar-refractivity contribution < 1.29 is 4.39 Å². The summed E-state index contributed by atoms with van der Waals surface area (Å²) in [5.41, 5.74) is 1.17. The van der Waals surface area contributed by atoms with Gasteiger partial charge < -0.3 is 5.32 Å². The van der Waals surface area contributed by atoms with Crippen LogP contribution in [0.5, 0.6) is 0 Å². The fraction of sp³-hybridized carbons (Fsp3) is 0.400. The molecule has 13 heavy (non-hydrogen) atoms. The van der Waals surface area contributed by atoms with Crippen molar-refractivity contribution in [2.45, 2.75) is 10.8 Å². The zero-order chi connectivity index (χ0) is 9.26. The maximum atomic E-state index is 12.9. The van der Waals surface area contributed by atoms with E-state index in [1.54, 1.807) is 6.07 Å². The molecule has 1 heterocycles. The van der Waals surface area contributed by atoms with Gasteiger partial charge in [-0.25, -0.2) is 4.39 Å². The van der Waals surface area contributed by atoms with Gasteiger partial charge in [0.2, 0.25) is 0 Å². The van der Waals surface area contributed by atoms with Crippen LogP contribution in [0.4, 0.5) is 4.39 Å². The summed E-state index contributed by atoms with van der Waals surface area (Å²) in [7, 11) is 1.93. The lowest BCUT2D eigenvalue weighted by molar-refractivity contribution is 0.616. The Kier molecular flexibility index (Phi) is 2.56. The molecular weight excluding hydrogens is 185 g/mol. The summed E-state index contributed by atoms with van der Waals surface area (Å²) in [4.78, 5) is 1.24. The van der Waals surface area contributed by atoms with Crippen LogP contribution in [-0.4, -0.2) is 19.3 Å². The summed E-state index contributed by atoms with van der Waals surface area (Å²) in [5.74, 6) is 1.42. The fourth-order valence-corrected chi connectivity index (χ4v) is 2.90. The molecule has 0 aliphatic carbocycles. The topological polar surface area (TPSA) is 12.0 Å². The molecule has 70 valence electrons. The van der Waals surface area contributed by atoms with E-state index in [1.165, 1.54) is 16.5 Å². The minimum atomic E-state index is -0.123. The highest BCUT2D eigenvalue weighted by atomic mass is 32.2. The Morgan fingerprint density at radius 3 is 3.23 bits per heavy atom. The number of likely N-dealkylation sites (N-methyl/N-ethyl adjacent to an activating group) is 1. The SMILES string of the molecule is CNCC1CSc2ccc(F)cc21. The lowest BCUT2D eigenvalue weighted by atomic mass is 10.0. The van der Waals surface area contributed by atoms with E-state index in [4.69, 9.17) is 0 Å². The Bertz CT molecular complexity index is 312. The van der Waals surface area contributed by atoms with E-state index in [1.807, 2.05) is 24.9 Å². The third kappa shape index (κ3) is 1.71. The Labute approximate surface area is 81.7 Å². The van der Waals surface area contributed by atoms with Crippen molar-refractivity contribution in [2.75, 3.05) is 19.3 Å². The maximum absolute atomic E-state index is 12.9. The Balaban J connectivity index is 2.29. The van der Waals surface area contributed by atoms with Gasteiger partial charge in [-0.2, -0.15) is 0 Å². The van der Waals surface area contributed by atoms with Gasteiger partial charge in [0.15, 0.2) is 0 Å². The lowest BCUT2D eigenvalue weighted by Crippen LogP contribution is -2.16. The number of fused-ring (bicyclic) bond motifs is 1. The molecule has 0 aromatic heterocycles. The van der Waals surface area contributed by atoms with Crippen molar-refractivity contribution in [3.8, 4) is 0 Å². The molecule has 0 amide bonds. The van der Waals surface area contributed by atoms with E-state index in [0.717, 1.165) is 12.3 Å². The normalized spacial score (nSPS) is 20.3. The van der Waals surface area contributed by atoms with E-state index >= 15 is 0 Å². The summed E-state index contributed by atoms with van der Waals surface area (Å²) in [6.45, 7) is 0.934. The fourth-order valence-electron chi connectivity index (χ4n) is 1.67. The predicted molar refractivity (Wildman–Crippen MR) is 53.8 cm³/mol. The molecule has 0 bridgehead atoms.